The van der Waals surface area contributed by atoms with Crippen LogP contribution in [-0.2, 0) is 30.4 Å². The number of nitrogens with two attached hydrogens (primary N) is 1. The third-order valence-electron chi connectivity index (χ3n) is 7.82. The van der Waals surface area contributed by atoms with Crippen LogP contribution in [0.1, 0.15) is 51.7 Å². The molecule has 48 heavy (non-hydrogen) atoms. The normalized spacial score (nSPS) is 22.9. The lowest BCUT2D eigenvalue weighted by molar-refractivity contribution is -0.384. The molecule has 4 amide bonds. The van der Waals surface area contributed by atoms with Crippen molar-refractivity contribution in [2.75, 3.05) is 6.54 Å². The molecule has 0 aliphatic carbocycles. The molecule has 0 saturated carbocycles. The molecule has 3 rings (SSSR count). The van der Waals surface area contributed by atoms with Crippen molar-refractivity contribution in [2.24, 2.45) is 5.73 Å². The van der Waals surface area contributed by atoms with Gasteiger partial charge in [0.25, 0.3) is 5.69 Å². The smallest absolute Gasteiger partial charge is 0.327 e. The molecule has 2 aromatic carbocycles. The topological polar surface area (TPSA) is 243 Å². The molecular weight excluding hydrogens is 665 g/mol. The molecule has 15 nitrogen and oxygen atoms in total. The Morgan fingerprint density at radius 2 is 1.58 bits per heavy atom. The van der Waals surface area contributed by atoms with Crippen molar-refractivity contribution < 1.29 is 39.1 Å². The van der Waals surface area contributed by atoms with Crippen LogP contribution in [-0.4, -0.2) is 84.9 Å². The maximum atomic E-state index is 13.6. The number of carboxylic acids is 1. The highest BCUT2D eigenvalue weighted by atomic mass is 33.1. The van der Waals surface area contributed by atoms with E-state index >= 15 is 0 Å². The van der Waals surface area contributed by atoms with Crippen molar-refractivity contribution in [1.29, 1.82) is 0 Å². The molecule has 0 bridgehead atoms. The number of aromatic hydroxyl groups is 1. The van der Waals surface area contributed by atoms with Gasteiger partial charge in [-0.25, -0.2) is 4.79 Å². The lowest BCUT2D eigenvalue weighted by Crippen LogP contribution is -2.62. The molecule has 1 aliphatic heterocycles. The fourth-order valence-electron chi connectivity index (χ4n) is 4.86. The van der Waals surface area contributed by atoms with Gasteiger partial charge < -0.3 is 37.2 Å². The number of phenols is 1. The fourth-order valence-corrected chi connectivity index (χ4v) is 7.68. The number of nitro groups is 1. The summed E-state index contributed by atoms with van der Waals surface area (Å²) < 4.78 is -2.29. The summed E-state index contributed by atoms with van der Waals surface area (Å²) in [5.74, 6) is -5.04. The average Bonchev–Trinajstić information content (AvgIpc) is 3.02. The van der Waals surface area contributed by atoms with Gasteiger partial charge in [0.15, 0.2) is 0 Å². The van der Waals surface area contributed by atoms with E-state index in [-0.39, 0.29) is 17.9 Å². The van der Waals surface area contributed by atoms with Gasteiger partial charge in [0, 0.05) is 22.8 Å². The molecule has 1 heterocycles. The number of carbonyl (C=O) groups excluding carboxylic acids is 4. The molecule has 0 radical (unpaired) electrons. The van der Waals surface area contributed by atoms with Gasteiger partial charge in [-0.15, -0.1) is 0 Å². The second-order valence-corrected chi connectivity index (χ2v) is 15.9. The van der Waals surface area contributed by atoms with Crippen LogP contribution < -0.4 is 27.0 Å². The van der Waals surface area contributed by atoms with Crippen LogP contribution in [0, 0.1) is 10.1 Å². The number of carbonyl (C=O) groups is 5. The maximum Gasteiger partial charge on any atom is 0.327 e. The molecule has 1 aliphatic rings. The number of rotatable bonds is 8. The maximum absolute atomic E-state index is 13.6. The number of nitrogens with zero attached hydrogens (tertiary/aromatic N) is 1. The molecular formula is C31H40N6O9S2. The first kappa shape index (κ1) is 38.1. The number of nitro benzene ring substituents is 1. The number of aliphatic carboxylic acids is 1. The second-order valence-electron chi connectivity index (χ2n) is 12.5. The molecule has 1 saturated heterocycles. The average molecular weight is 705 g/mol. The van der Waals surface area contributed by atoms with E-state index in [1.807, 2.05) is 0 Å². The van der Waals surface area contributed by atoms with E-state index in [0.717, 1.165) is 21.6 Å². The summed E-state index contributed by atoms with van der Waals surface area (Å²) >= 11 is 0. The van der Waals surface area contributed by atoms with E-state index in [9.17, 15) is 44.3 Å². The zero-order valence-corrected chi connectivity index (χ0v) is 28.6. The Hall–Kier alpha value is -4.35. The van der Waals surface area contributed by atoms with E-state index in [0.29, 0.717) is 11.1 Å². The number of phenolic OH excluding ortho intramolecular Hbond substituents is 1. The van der Waals surface area contributed by atoms with Gasteiger partial charge in [0.05, 0.1) is 22.3 Å². The number of hydrogen-bond donors (Lipinski definition) is 7. The Kier molecular flexibility index (Phi) is 12.5. The van der Waals surface area contributed by atoms with E-state index in [1.54, 1.807) is 46.8 Å². The summed E-state index contributed by atoms with van der Waals surface area (Å²) in [7, 11) is 2.21. The van der Waals surface area contributed by atoms with Crippen LogP contribution in [0.3, 0.4) is 0 Å². The second kappa shape index (κ2) is 15.7. The SMILES string of the molecule is C[C@H](c1ccc([N+](=O)[O-])cc1)[C@H]1NC(=O)CNC(=O)[C@@H](NC(=O)[C@@H](N)Cc2ccc(O)cc2)C(C)(C)SSC(C)(C)[C@@H](C(=O)O)NC1=O. The zero-order valence-electron chi connectivity index (χ0n) is 27.0. The fraction of sp³-hybridized carbons (Fsp3) is 0.452. The quantitative estimate of drug-likeness (QED) is 0.118. The minimum atomic E-state index is -1.47. The number of amides is 4. The van der Waals surface area contributed by atoms with Crippen LogP contribution in [0.25, 0.3) is 0 Å². The Morgan fingerprint density at radius 1 is 1.00 bits per heavy atom. The minimum absolute atomic E-state index is 0.0493. The van der Waals surface area contributed by atoms with E-state index in [1.165, 1.54) is 36.4 Å². The first-order valence-electron chi connectivity index (χ1n) is 14.9. The van der Waals surface area contributed by atoms with Gasteiger partial charge in [-0.1, -0.05) is 52.8 Å². The largest absolute Gasteiger partial charge is 0.508 e. The number of hydrogen-bond acceptors (Lipinski definition) is 11. The molecule has 17 heteroatoms. The molecule has 0 spiro atoms. The van der Waals surface area contributed by atoms with E-state index in [2.05, 4.69) is 21.3 Å². The Bertz CT molecular complexity index is 1540. The Balaban J connectivity index is 1.93. The summed E-state index contributed by atoms with van der Waals surface area (Å²) in [5, 5.41) is 41.2. The summed E-state index contributed by atoms with van der Waals surface area (Å²) in [5.41, 5.74) is 7.12. The Morgan fingerprint density at radius 3 is 2.15 bits per heavy atom. The monoisotopic (exact) mass is 704 g/mol. The van der Waals surface area contributed by atoms with Gasteiger partial charge in [-0.05, 0) is 57.4 Å². The number of benzene rings is 2. The van der Waals surface area contributed by atoms with Crippen LogP contribution in [0.15, 0.2) is 48.5 Å². The van der Waals surface area contributed by atoms with Crippen LogP contribution >= 0.6 is 21.6 Å². The van der Waals surface area contributed by atoms with Crippen LogP contribution in [0.4, 0.5) is 5.69 Å². The van der Waals surface area contributed by atoms with Crippen molar-refractivity contribution in [3.8, 4) is 5.75 Å². The lowest BCUT2D eigenvalue weighted by Gasteiger charge is -2.38. The lowest BCUT2D eigenvalue weighted by atomic mass is 9.91. The molecule has 1 fully saturated rings. The molecule has 5 atom stereocenters. The molecule has 8 N–H and O–H groups in total. The first-order valence-corrected chi connectivity index (χ1v) is 17.0. The minimum Gasteiger partial charge on any atom is -0.508 e. The van der Waals surface area contributed by atoms with Crippen molar-refractivity contribution >= 4 is 56.9 Å². The summed E-state index contributed by atoms with van der Waals surface area (Å²) in [6.45, 7) is 7.52. The van der Waals surface area contributed by atoms with Crippen LogP contribution in [0.5, 0.6) is 5.75 Å². The van der Waals surface area contributed by atoms with E-state index < -0.39 is 80.6 Å². The first-order chi connectivity index (χ1) is 22.3. The van der Waals surface area contributed by atoms with Gasteiger partial charge in [-0.2, -0.15) is 0 Å². The van der Waals surface area contributed by atoms with Crippen molar-refractivity contribution in [1.82, 2.24) is 21.3 Å². The van der Waals surface area contributed by atoms with Crippen molar-refractivity contribution in [3.63, 3.8) is 0 Å². The highest BCUT2D eigenvalue weighted by Crippen LogP contribution is 2.46. The molecule has 0 unspecified atom stereocenters. The highest BCUT2D eigenvalue weighted by Gasteiger charge is 2.45. The predicted octanol–water partition coefficient (Wildman–Crippen LogP) is 1.58. The molecule has 260 valence electrons. The Labute approximate surface area is 285 Å². The highest BCUT2D eigenvalue weighted by molar-refractivity contribution is 8.77. The van der Waals surface area contributed by atoms with Gasteiger partial charge in [0.2, 0.25) is 23.6 Å². The summed E-state index contributed by atoms with van der Waals surface area (Å²) in [6.07, 6.45) is 0.104. The number of carboxylic acid groups (broad SMARTS) is 1. The third-order valence-corrected chi connectivity index (χ3v) is 12.1. The summed E-state index contributed by atoms with van der Waals surface area (Å²) in [6, 6.07) is 6.38. The number of nitrogens with one attached hydrogen (secondary N) is 4. The third kappa shape index (κ3) is 9.84. The van der Waals surface area contributed by atoms with Gasteiger partial charge >= 0.3 is 5.97 Å². The van der Waals surface area contributed by atoms with Gasteiger partial charge in [-0.3, -0.25) is 29.3 Å². The molecule has 0 aromatic heterocycles. The standard InChI is InChI=1S/C31H40N6O9S2/c1-16(18-8-10-19(11-9-18)37(45)46)23-27(41)36-25(29(43)44)31(4,5)48-47-30(2,3)24(28(42)33-15-22(39)34-23)35-26(40)21(32)14-17-6-12-20(38)13-7-17/h6-13,16,21,23-25,38H,14-15,32H2,1-5H3,(H,33,42)(H,34,39)(H,35,40)(H,36,41)(H,43,44)/t16-,21+,23-,24-,25-/m1/s1. The predicted molar refractivity (Wildman–Crippen MR) is 181 cm³/mol. The molecule has 2 aromatic rings. The number of non-ortho nitro benzene ring substituents is 1. The zero-order chi connectivity index (χ0) is 36.0. The van der Waals surface area contributed by atoms with Crippen molar-refractivity contribution in [3.05, 3.63) is 69.8 Å². The van der Waals surface area contributed by atoms with Crippen molar-refractivity contribution in [2.45, 2.75) is 80.6 Å². The van der Waals surface area contributed by atoms with E-state index in [4.69, 9.17) is 5.73 Å². The van der Waals surface area contributed by atoms with Gasteiger partial charge in [0.1, 0.15) is 23.9 Å². The van der Waals surface area contributed by atoms with Crippen LogP contribution in [0.2, 0.25) is 0 Å². The summed E-state index contributed by atoms with van der Waals surface area (Å²) in [4.78, 5) is 76.7.